The molecule has 1 aliphatic rings. The van der Waals surface area contributed by atoms with E-state index in [1.807, 2.05) is 56.3 Å². The highest BCUT2D eigenvalue weighted by Crippen LogP contribution is 2.32. The molecule has 1 N–H and O–H groups in total. The van der Waals surface area contributed by atoms with Crippen LogP contribution in [0.3, 0.4) is 0 Å². The largest absolute Gasteiger partial charge is 0.486 e. The van der Waals surface area contributed by atoms with E-state index in [9.17, 15) is 9.59 Å². The number of imidazole rings is 1. The summed E-state index contributed by atoms with van der Waals surface area (Å²) >= 11 is 0. The summed E-state index contributed by atoms with van der Waals surface area (Å²) in [5, 5.41) is 3.00. The average molecular weight is 395 g/mol. The monoisotopic (exact) mass is 395 g/mol. The van der Waals surface area contributed by atoms with Gasteiger partial charge in [0.05, 0.1) is 17.1 Å². The topological polar surface area (TPSA) is 74.5 Å². The second-order valence-electron chi connectivity index (χ2n) is 7.11. The third-order valence-corrected chi connectivity index (χ3v) is 5.25. The number of hydrogen-bond donors (Lipinski definition) is 1. The smallest absolute Gasteiger partial charge is 0.329 e. The van der Waals surface area contributed by atoms with Crippen molar-refractivity contribution in [3.8, 4) is 11.5 Å². The quantitative estimate of drug-likeness (QED) is 0.697. The van der Waals surface area contributed by atoms with Crippen LogP contribution in [0.15, 0.2) is 47.3 Å². The van der Waals surface area contributed by atoms with Crippen molar-refractivity contribution in [3.05, 3.63) is 58.5 Å². The molecule has 2 heterocycles. The Balaban J connectivity index is 1.44. The van der Waals surface area contributed by atoms with Gasteiger partial charge in [0.25, 0.3) is 0 Å². The Kier molecular flexibility index (Phi) is 5.29. The number of hydrogen-bond acceptors (Lipinski definition) is 4. The minimum Gasteiger partial charge on any atom is -0.486 e. The zero-order valence-electron chi connectivity index (χ0n) is 16.7. The number of amides is 1. The number of rotatable bonds is 6. The Labute approximate surface area is 168 Å². The zero-order valence-corrected chi connectivity index (χ0v) is 16.7. The normalized spacial score (nSPS) is 14.0. The van der Waals surface area contributed by atoms with Crippen molar-refractivity contribution >= 4 is 16.9 Å². The highest BCUT2D eigenvalue weighted by atomic mass is 16.6. The van der Waals surface area contributed by atoms with Crippen molar-refractivity contribution in [1.82, 2.24) is 14.5 Å². The van der Waals surface area contributed by atoms with Crippen LogP contribution >= 0.6 is 0 Å². The molecule has 29 heavy (non-hydrogen) atoms. The third-order valence-electron chi connectivity index (χ3n) is 5.25. The fourth-order valence-corrected chi connectivity index (χ4v) is 3.73. The van der Waals surface area contributed by atoms with Crippen LogP contribution < -0.4 is 20.5 Å². The lowest BCUT2D eigenvalue weighted by atomic mass is 10.1. The number of nitrogens with zero attached hydrogens (tertiary/aromatic N) is 2. The summed E-state index contributed by atoms with van der Waals surface area (Å²) < 4.78 is 14.6. The van der Waals surface area contributed by atoms with Crippen LogP contribution in [-0.2, 0) is 17.9 Å². The van der Waals surface area contributed by atoms with Gasteiger partial charge in [-0.3, -0.25) is 13.9 Å². The first-order valence-corrected chi connectivity index (χ1v) is 9.95. The Morgan fingerprint density at radius 1 is 1.07 bits per heavy atom. The number of carbonyl (C=O) groups is 1. The first kappa shape index (κ1) is 19.1. The van der Waals surface area contributed by atoms with Crippen molar-refractivity contribution in [1.29, 1.82) is 0 Å². The molecule has 0 bridgehead atoms. The van der Waals surface area contributed by atoms with Gasteiger partial charge in [-0.15, -0.1) is 0 Å². The van der Waals surface area contributed by atoms with E-state index in [2.05, 4.69) is 5.32 Å². The van der Waals surface area contributed by atoms with Crippen LogP contribution in [-0.4, -0.2) is 28.3 Å². The van der Waals surface area contributed by atoms with Gasteiger partial charge in [0.2, 0.25) is 5.91 Å². The second kappa shape index (κ2) is 8.03. The number of fused-ring (bicyclic) bond motifs is 2. The molecule has 1 aliphatic heterocycles. The highest BCUT2D eigenvalue weighted by molar-refractivity contribution is 5.78. The summed E-state index contributed by atoms with van der Waals surface area (Å²) in [7, 11) is 0. The number of nitrogens with one attached hydrogen (secondary N) is 1. The van der Waals surface area contributed by atoms with E-state index in [-0.39, 0.29) is 24.1 Å². The molecule has 0 spiro atoms. The van der Waals surface area contributed by atoms with Crippen LogP contribution in [0.5, 0.6) is 11.5 Å². The molecule has 1 amide bonds. The van der Waals surface area contributed by atoms with Crippen LogP contribution in [0.1, 0.15) is 31.9 Å². The second-order valence-corrected chi connectivity index (χ2v) is 7.11. The van der Waals surface area contributed by atoms with Crippen LogP contribution in [0.2, 0.25) is 0 Å². The molecule has 3 aromatic rings. The van der Waals surface area contributed by atoms with Crippen molar-refractivity contribution in [2.45, 2.75) is 39.4 Å². The van der Waals surface area contributed by atoms with E-state index < -0.39 is 0 Å². The molecule has 1 atom stereocenters. The summed E-state index contributed by atoms with van der Waals surface area (Å²) in [6, 6.07) is 13.2. The SMILES string of the molecule is CCn1c(=O)n(CCC(=O)NC(C)c2ccc3c(c2)OCCO3)c2ccccc21. The summed E-state index contributed by atoms with van der Waals surface area (Å²) in [6.45, 7) is 5.88. The Morgan fingerprint density at radius 3 is 2.48 bits per heavy atom. The Hall–Kier alpha value is -3.22. The summed E-state index contributed by atoms with van der Waals surface area (Å²) in [5.41, 5.74) is 2.61. The van der Waals surface area contributed by atoms with Crippen molar-refractivity contribution in [2.75, 3.05) is 13.2 Å². The van der Waals surface area contributed by atoms with E-state index in [1.165, 1.54) is 0 Å². The van der Waals surface area contributed by atoms with Gasteiger partial charge >= 0.3 is 5.69 Å². The van der Waals surface area contributed by atoms with Crippen LogP contribution in [0.4, 0.5) is 0 Å². The van der Waals surface area contributed by atoms with Gasteiger partial charge in [0.15, 0.2) is 11.5 Å². The number of benzene rings is 2. The average Bonchev–Trinajstić information content (AvgIpc) is 3.02. The molecule has 1 unspecified atom stereocenters. The number of para-hydroxylation sites is 2. The Bertz CT molecular complexity index is 1100. The molecule has 1 aromatic heterocycles. The van der Waals surface area contributed by atoms with Gasteiger partial charge < -0.3 is 14.8 Å². The van der Waals surface area contributed by atoms with Crippen molar-refractivity contribution in [3.63, 3.8) is 0 Å². The molecule has 2 aromatic carbocycles. The molecule has 4 rings (SSSR count). The van der Waals surface area contributed by atoms with Gasteiger partial charge in [-0.05, 0) is 43.7 Å². The molecule has 7 nitrogen and oxygen atoms in total. The number of ether oxygens (including phenoxy) is 2. The lowest BCUT2D eigenvalue weighted by Crippen LogP contribution is -2.30. The molecule has 0 radical (unpaired) electrons. The van der Waals surface area contributed by atoms with Crippen LogP contribution in [0, 0.1) is 0 Å². The fraction of sp³-hybridized carbons (Fsp3) is 0.364. The molecule has 0 saturated carbocycles. The maximum Gasteiger partial charge on any atom is 0.329 e. The molecular weight excluding hydrogens is 370 g/mol. The number of aryl methyl sites for hydroxylation is 2. The lowest BCUT2D eigenvalue weighted by Gasteiger charge is -2.21. The maximum absolute atomic E-state index is 12.7. The molecule has 7 heteroatoms. The van der Waals surface area contributed by atoms with Gasteiger partial charge in [-0.2, -0.15) is 0 Å². The Morgan fingerprint density at radius 2 is 1.76 bits per heavy atom. The third kappa shape index (κ3) is 3.72. The first-order chi connectivity index (χ1) is 14.1. The summed E-state index contributed by atoms with van der Waals surface area (Å²) in [6.07, 6.45) is 0.229. The van der Waals surface area contributed by atoms with Gasteiger partial charge in [0, 0.05) is 19.5 Å². The maximum atomic E-state index is 12.7. The molecule has 0 aliphatic carbocycles. The standard InChI is InChI=1S/C22H25N3O4/c1-3-24-17-6-4-5-7-18(17)25(22(24)27)11-10-21(26)23-15(2)16-8-9-19-20(14-16)29-13-12-28-19/h4-9,14-15H,3,10-13H2,1-2H3,(H,23,26). The predicted octanol–water partition coefficient (Wildman–Crippen LogP) is 2.86. The minimum absolute atomic E-state index is 0.0821. The van der Waals surface area contributed by atoms with Crippen molar-refractivity contribution in [2.24, 2.45) is 0 Å². The van der Waals surface area contributed by atoms with Crippen LogP contribution in [0.25, 0.3) is 11.0 Å². The van der Waals surface area contributed by atoms with E-state index in [4.69, 9.17) is 9.47 Å². The molecule has 152 valence electrons. The summed E-state index contributed by atoms with van der Waals surface area (Å²) in [4.78, 5) is 25.2. The van der Waals surface area contributed by atoms with E-state index in [0.29, 0.717) is 32.1 Å². The van der Waals surface area contributed by atoms with Gasteiger partial charge in [0.1, 0.15) is 13.2 Å². The predicted molar refractivity (Wildman–Crippen MR) is 110 cm³/mol. The number of carbonyl (C=O) groups excluding carboxylic acids is 1. The lowest BCUT2D eigenvalue weighted by molar-refractivity contribution is -0.121. The highest BCUT2D eigenvalue weighted by Gasteiger charge is 2.17. The molecule has 0 saturated heterocycles. The first-order valence-electron chi connectivity index (χ1n) is 9.95. The molecule has 0 fully saturated rings. The summed E-state index contributed by atoms with van der Waals surface area (Å²) in [5.74, 6) is 1.33. The van der Waals surface area contributed by atoms with Crippen molar-refractivity contribution < 1.29 is 14.3 Å². The molecular formula is C22H25N3O4. The zero-order chi connectivity index (χ0) is 20.4. The minimum atomic E-state index is -0.174. The van der Waals surface area contributed by atoms with Gasteiger partial charge in [-0.1, -0.05) is 18.2 Å². The fourth-order valence-electron chi connectivity index (χ4n) is 3.73. The van der Waals surface area contributed by atoms with Gasteiger partial charge in [-0.25, -0.2) is 4.79 Å². The van der Waals surface area contributed by atoms with E-state index >= 15 is 0 Å². The van der Waals surface area contributed by atoms with E-state index in [0.717, 1.165) is 22.3 Å². The van der Waals surface area contributed by atoms with E-state index in [1.54, 1.807) is 9.13 Å². The number of aromatic nitrogens is 2.